The Morgan fingerprint density at radius 1 is 1.33 bits per heavy atom. The molecule has 0 aliphatic heterocycles. The summed E-state index contributed by atoms with van der Waals surface area (Å²) in [6.07, 6.45) is 5.22. The standard InChI is InChI=1S/C12H21NO2/c1-12(2,11(14)15)8-13(10-5-6-10)7-9-3-4-9/h9-10H,3-8H2,1-2H3,(H,14,15). The molecule has 0 amide bonds. The quantitative estimate of drug-likeness (QED) is 0.730. The SMILES string of the molecule is CC(C)(CN(CC1CC1)C1CC1)C(=O)O. The third-order valence-electron chi connectivity index (χ3n) is 3.43. The van der Waals surface area contributed by atoms with Gasteiger partial charge in [0.1, 0.15) is 0 Å². The molecule has 2 fully saturated rings. The smallest absolute Gasteiger partial charge is 0.310 e. The molecule has 15 heavy (non-hydrogen) atoms. The minimum atomic E-state index is -0.677. The van der Waals surface area contributed by atoms with Crippen molar-refractivity contribution in [2.75, 3.05) is 13.1 Å². The predicted molar refractivity (Wildman–Crippen MR) is 58.7 cm³/mol. The Hall–Kier alpha value is -0.570. The maximum atomic E-state index is 11.1. The van der Waals surface area contributed by atoms with E-state index in [0.717, 1.165) is 12.5 Å². The zero-order valence-electron chi connectivity index (χ0n) is 9.70. The predicted octanol–water partition coefficient (Wildman–Crippen LogP) is 1.97. The molecule has 0 heterocycles. The second-order valence-corrected chi connectivity index (χ2v) is 5.79. The van der Waals surface area contributed by atoms with Gasteiger partial charge in [-0.25, -0.2) is 0 Å². The fourth-order valence-electron chi connectivity index (χ4n) is 1.99. The number of rotatable bonds is 6. The molecule has 2 saturated carbocycles. The van der Waals surface area contributed by atoms with Crippen molar-refractivity contribution in [1.82, 2.24) is 4.90 Å². The summed E-state index contributed by atoms with van der Waals surface area (Å²) < 4.78 is 0. The van der Waals surface area contributed by atoms with Crippen LogP contribution in [-0.4, -0.2) is 35.1 Å². The van der Waals surface area contributed by atoms with E-state index in [1.807, 2.05) is 13.8 Å². The van der Waals surface area contributed by atoms with Crippen LogP contribution in [0, 0.1) is 11.3 Å². The van der Waals surface area contributed by atoms with Crippen molar-refractivity contribution in [3.05, 3.63) is 0 Å². The van der Waals surface area contributed by atoms with Gasteiger partial charge in [0.15, 0.2) is 0 Å². The van der Waals surface area contributed by atoms with E-state index in [-0.39, 0.29) is 0 Å². The molecule has 0 spiro atoms. The Balaban J connectivity index is 1.89. The minimum absolute atomic E-state index is 0.600. The lowest BCUT2D eigenvalue weighted by Crippen LogP contribution is -2.41. The highest BCUT2D eigenvalue weighted by Crippen LogP contribution is 2.36. The van der Waals surface area contributed by atoms with E-state index in [1.54, 1.807) is 0 Å². The fourth-order valence-corrected chi connectivity index (χ4v) is 1.99. The first-order chi connectivity index (χ1) is 6.99. The second-order valence-electron chi connectivity index (χ2n) is 5.79. The summed E-state index contributed by atoms with van der Waals surface area (Å²) in [6, 6.07) is 0.684. The topological polar surface area (TPSA) is 40.5 Å². The van der Waals surface area contributed by atoms with Crippen molar-refractivity contribution in [3.8, 4) is 0 Å². The van der Waals surface area contributed by atoms with E-state index in [4.69, 9.17) is 5.11 Å². The van der Waals surface area contributed by atoms with Crippen LogP contribution in [0.1, 0.15) is 39.5 Å². The fraction of sp³-hybridized carbons (Fsp3) is 0.917. The molecular weight excluding hydrogens is 190 g/mol. The Morgan fingerprint density at radius 2 is 1.93 bits per heavy atom. The third kappa shape index (κ3) is 2.94. The summed E-state index contributed by atoms with van der Waals surface area (Å²) in [5.74, 6) is 0.180. The molecule has 0 aromatic carbocycles. The largest absolute Gasteiger partial charge is 0.481 e. The number of hydrogen-bond donors (Lipinski definition) is 1. The number of hydrogen-bond acceptors (Lipinski definition) is 2. The Morgan fingerprint density at radius 3 is 2.33 bits per heavy atom. The van der Waals surface area contributed by atoms with Crippen molar-refractivity contribution in [2.45, 2.75) is 45.6 Å². The third-order valence-corrected chi connectivity index (χ3v) is 3.43. The van der Waals surface area contributed by atoms with Crippen molar-refractivity contribution in [2.24, 2.45) is 11.3 Å². The van der Waals surface area contributed by atoms with Gasteiger partial charge in [0, 0.05) is 19.1 Å². The van der Waals surface area contributed by atoms with Crippen molar-refractivity contribution >= 4 is 5.97 Å². The molecule has 2 aliphatic rings. The number of carbonyl (C=O) groups is 1. The van der Waals surface area contributed by atoms with Crippen LogP contribution >= 0.6 is 0 Å². The van der Waals surface area contributed by atoms with Gasteiger partial charge < -0.3 is 5.11 Å². The average molecular weight is 211 g/mol. The molecule has 0 saturated heterocycles. The molecule has 0 aromatic rings. The minimum Gasteiger partial charge on any atom is -0.481 e. The number of carboxylic acid groups (broad SMARTS) is 1. The summed E-state index contributed by atoms with van der Waals surface area (Å²) in [7, 11) is 0. The lowest BCUT2D eigenvalue weighted by Gasteiger charge is -2.29. The van der Waals surface area contributed by atoms with Crippen LogP contribution in [0.25, 0.3) is 0 Å². The number of nitrogens with zero attached hydrogens (tertiary/aromatic N) is 1. The molecule has 3 nitrogen and oxygen atoms in total. The zero-order valence-corrected chi connectivity index (χ0v) is 9.70. The molecule has 0 unspecified atom stereocenters. The van der Waals surface area contributed by atoms with Crippen LogP contribution in [0.5, 0.6) is 0 Å². The van der Waals surface area contributed by atoms with Crippen LogP contribution in [-0.2, 0) is 4.79 Å². The molecule has 2 rings (SSSR count). The first kappa shape index (κ1) is 10.9. The summed E-state index contributed by atoms with van der Waals surface area (Å²) in [6.45, 7) is 5.50. The van der Waals surface area contributed by atoms with Crippen molar-refractivity contribution in [1.29, 1.82) is 0 Å². The van der Waals surface area contributed by atoms with Gasteiger partial charge >= 0.3 is 5.97 Å². The van der Waals surface area contributed by atoms with Crippen LogP contribution < -0.4 is 0 Å². The first-order valence-corrected chi connectivity index (χ1v) is 5.96. The van der Waals surface area contributed by atoms with Gasteiger partial charge in [-0.2, -0.15) is 0 Å². The highest BCUT2D eigenvalue weighted by Gasteiger charge is 2.38. The van der Waals surface area contributed by atoms with Crippen LogP contribution in [0.15, 0.2) is 0 Å². The highest BCUT2D eigenvalue weighted by atomic mass is 16.4. The maximum Gasteiger partial charge on any atom is 0.310 e. The molecule has 2 aliphatic carbocycles. The maximum absolute atomic E-state index is 11.1. The van der Waals surface area contributed by atoms with Gasteiger partial charge in [-0.3, -0.25) is 9.69 Å². The Bertz CT molecular complexity index is 254. The van der Waals surface area contributed by atoms with Gasteiger partial charge in [0.2, 0.25) is 0 Å². The zero-order chi connectivity index (χ0) is 11.1. The molecule has 0 atom stereocenters. The normalized spacial score (nSPS) is 22.1. The molecule has 0 aromatic heterocycles. The van der Waals surface area contributed by atoms with Gasteiger partial charge in [-0.15, -0.1) is 0 Å². The lowest BCUT2D eigenvalue weighted by molar-refractivity contribution is -0.148. The monoisotopic (exact) mass is 211 g/mol. The highest BCUT2D eigenvalue weighted by molar-refractivity contribution is 5.73. The molecule has 86 valence electrons. The van der Waals surface area contributed by atoms with Crippen LogP contribution in [0.3, 0.4) is 0 Å². The summed E-state index contributed by atoms with van der Waals surface area (Å²) in [5.41, 5.74) is -0.600. The van der Waals surface area contributed by atoms with Gasteiger partial charge in [0.25, 0.3) is 0 Å². The van der Waals surface area contributed by atoms with E-state index in [9.17, 15) is 4.79 Å². The molecule has 3 heteroatoms. The van der Waals surface area contributed by atoms with E-state index in [2.05, 4.69) is 4.90 Å². The number of aliphatic carboxylic acids is 1. The van der Waals surface area contributed by atoms with Crippen LogP contribution in [0.2, 0.25) is 0 Å². The average Bonchev–Trinajstić information content (AvgIpc) is 2.98. The molecule has 1 N–H and O–H groups in total. The second kappa shape index (κ2) is 3.78. The molecule has 0 bridgehead atoms. The van der Waals surface area contributed by atoms with Crippen LogP contribution in [0.4, 0.5) is 0 Å². The van der Waals surface area contributed by atoms with Gasteiger partial charge in [0.05, 0.1) is 5.41 Å². The number of carboxylic acids is 1. The van der Waals surface area contributed by atoms with Crippen molar-refractivity contribution < 1.29 is 9.90 Å². The Labute approximate surface area is 91.5 Å². The lowest BCUT2D eigenvalue weighted by atomic mass is 9.93. The van der Waals surface area contributed by atoms with E-state index >= 15 is 0 Å². The Kier molecular flexibility index (Phi) is 2.75. The first-order valence-electron chi connectivity index (χ1n) is 5.96. The summed E-state index contributed by atoms with van der Waals surface area (Å²) in [5, 5.41) is 9.12. The van der Waals surface area contributed by atoms with Gasteiger partial charge in [-0.05, 0) is 45.4 Å². The van der Waals surface area contributed by atoms with Gasteiger partial charge in [-0.1, -0.05) is 0 Å². The van der Waals surface area contributed by atoms with E-state index in [0.29, 0.717) is 12.6 Å². The molecular formula is C12H21NO2. The van der Waals surface area contributed by atoms with E-state index < -0.39 is 11.4 Å². The summed E-state index contributed by atoms with van der Waals surface area (Å²) >= 11 is 0. The van der Waals surface area contributed by atoms with E-state index in [1.165, 1.54) is 25.7 Å². The van der Waals surface area contributed by atoms with Crippen molar-refractivity contribution in [3.63, 3.8) is 0 Å². The molecule has 0 radical (unpaired) electrons. The summed E-state index contributed by atoms with van der Waals surface area (Å²) in [4.78, 5) is 13.5.